The van der Waals surface area contributed by atoms with Crippen molar-refractivity contribution in [2.45, 2.75) is 18.5 Å². The lowest BCUT2D eigenvalue weighted by Crippen LogP contribution is -2.23. The summed E-state index contributed by atoms with van der Waals surface area (Å²) in [6.45, 7) is 1.84. The number of H-pyrrole nitrogens is 1. The van der Waals surface area contributed by atoms with E-state index in [0.717, 1.165) is 24.3 Å². The number of carbonyl (C=O) groups is 1. The molecule has 0 saturated carbocycles. The van der Waals surface area contributed by atoms with Gasteiger partial charge in [0, 0.05) is 23.5 Å². The van der Waals surface area contributed by atoms with E-state index in [1.54, 1.807) is 0 Å². The van der Waals surface area contributed by atoms with Crippen molar-refractivity contribution in [1.29, 1.82) is 0 Å². The molecule has 0 amide bonds. The second-order valence-corrected chi connectivity index (χ2v) is 5.30. The van der Waals surface area contributed by atoms with Gasteiger partial charge in [-0.2, -0.15) is 0 Å². The van der Waals surface area contributed by atoms with Gasteiger partial charge in [-0.3, -0.25) is 15.2 Å². The Kier molecular flexibility index (Phi) is 4.96. The predicted molar refractivity (Wildman–Crippen MR) is 77.1 cm³/mol. The summed E-state index contributed by atoms with van der Waals surface area (Å²) in [6, 6.07) is 3.05. The molecular formula is C13H10N4O5S-2. The molecule has 0 aliphatic rings. The molecule has 0 saturated heterocycles. The zero-order valence-electron chi connectivity index (χ0n) is 11.8. The number of rotatable bonds is 6. The van der Waals surface area contributed by atoms with Crippen LogP contribution in [0, 0.1) is 10.1 Å². The molecule has 0 spiro atoms. The van der Waals surface area contributed by atoms with Crippen molar-refractivity contribution in [3.05, 3.63) is 44.6 Å². The second kappa shape index (κ2) is 6.92. The molecule has 1 aromatic carbocycles. The van der Waals surface area contributed by atoms with E-state index < -0.39 is 16.6 Å². The van der Waals surface area contributed by atoms with Gasteiger partial charge in [0.1, 0.15) is 5.82 Å². The first kappa shape index (κ1) is 16.5. The molecule has 9 nitrogen and oxygen atoms in total. The number of nitrogens with zero attached hydrogens (tertiary/aromatic N) is 3. The zero-order valence-corrected chi connectivity index (χ0v) is 12.6. The fraction of sp³-hybridized carbons (Fsp3) is 0.154. The molecule has 120 valence electrons. The Labute approximate surface area is 134 Å². The molecule has 1 heterocycles. The highest BCUT2D eigenvalue weighted by molar-refractivity contribution is 8.04. The maximum absolute atomic E-state index is 11.7. The number of aromatic amines is 1. The maximum atomic E-state index is 11.7. The molecule has 1 N–H and O–H groups in total. The molecule has 23 heavy (non-hydrogen) atoms. The summed E-state index contributed by atoms with van der Waals surface area (Å²) in [7, 11) is 0. The molecule has 0 radical (unpaired) electrons. The number of hydrogen-bond acceptors (Lipinski definition) is 8. The lowest BCUT2D eigenvalue weighted by atomic mass is 10.1. The van der Waals surface area contributed by atoms with E-state index in [9.17, 15) is 25.1 Å². The van der Waals surface area contributed by atoms with Crippen molar-refractivity contribution in [3.63, 3.8) is 0 Å². The Morgan fingerprint density at radius 1 is 1.48 bits per heavy atom. The van der Waals surface area contributed by atoms with E-state index in [4.69, 9.17) is 0 Å². The van der Waals surface area contributed by atoms with Gasteiger partial charge in [-0.1, -0.05) is 13.0 Å². The molecule has 0 aliphatic carbocycles. The summed E-state index contributed by atoms with van der Waals surface area (Å²) in [6.07, 6.45) is 1.60. The maximum Gasteiger partial charge on any atom is 0.269 e. The van der Waals surface area contributed by atoms with Crippen LogP contribution >= 0.6 is 11.8 Å². The molecule has 0 unspecified atom stereocenters. The van der Waals surface area contributed by atoms with Crippen LogP contribution in [0.5, 0.6) is 5.75 Å². The smallest absolute Gasteiger partial charge is 0.269 e. The van der Waals surface area contributed by atoms with Gasteiger partial charge >= 0.3 is 0 Å². The average Bonchev–Trinajstić information content (AvgIpc) is 2.96. The van der Waals surface area contributed by atoms with Gasteiger partial charge in [-0.25, -0.2) is 4.98 Å². The van der Waals surface area contributed by atoms with Gasteiger partial charge in [0.15, 0.2) is 0 Å². The molecular weight excluding hydrogens is 324 g/mol. The number of nitro benzene ring substituents is 1. The minimum Gasteiger partial charge on any atom is -0.872 e. The second-order valence-electron chi connectivity index (χ2n) is 4.30. The van der Waals surface area contributed by atoms with Crippen LogP contribution in [0.3, 0.4) is 0 Å². The van der Waals surface area contributed by atoms with Gasteiger partial charge in [-0.15, -0.1) is 10.8 Å². The van der Waals surface area contributed by atoms with Crippen LogP contribution < -0.4 is 10.2 Å². The topological polar surface area (TPSA) is 148 Å². The molecule has 0 bridgehead atoms. The first-order chi connectivity index (χ1) is 10.9. The van der Waals surface area contributed by atoms with Crippen LogP contribution in [0.25, 0.3) is 6.08 Å². The number of nitrogens with one attached hydrogen (secondary N) is 1. The lowest BCUT2D eigenvalue weighted by Gasteiger charge is -2.12. The standard InChI is InChI=1S/C13H12N4O5S/c1-2-11-14-13(16-15-11)23-10(12(19)20)6-7-5-8(17(21)22)3-4-9(7)18/h3-6,18H,2H2,1H3,(H,19,20)(H,14,15,16)/p-2/b10-6-. The van der Waals surface area contributed by atoms with Crippen molar-refractivity contribution >= 4 is 29.5 Å². The Balaban J connectivity index is 2.37. The molecule has 10 heteroatoms. The van der Waals surface area contributed by atoms with Gasteiger partial charge in [0.05, 0.1) is 10.9 Å². The van der Waals surface area contributed by atoms with E-state index in [1.807, 2.05) is 6.92 Å². The quantitative estimate of drug-likeness (QED) is 0.341. The summed E-state index contributed by atoms with van der Waals surface area (Å²) in [5.41, 5.74) is -0.443. The Hall–Kier alpha value is -2.88. The largest absolute Gasteiger partial charge is 0.872 e. The lowest BCUT2D eigenvalue weighted by molar-refractivity contribution is -0.385. The van der Waals surface area contributed by atoms with Gasteiger partial charge in [-0.05, 0) is 23.4 Å². The SMILES string of the molecule is CCc1nc(S/C(=C\c2cc([N+](=O)[O-])ccc2[O-])C(=O)[O-])n[nH]1. The summed E-state index contributed by atoms with van der Waals surface area (Å²) < 4.78 is 0. The molecule has 2 rings (SSSR count). The molecule has 0 aliphatic heterocycles. The Morgan fingerprint density at radius 2 is 2.22 bits per heavy atom. The summed E-state index contributed by atoms with van der Waals surface area (Å²) in [5.74, 6) is -1.51. The summed E-state index contributed by atoms with van der Waals surface area (Å²) >= 11 is 0.688. The van der Waals surface area contributed by atoms with Gasteiger partial charge in [0.25, 0.3) is 5.69 Å². The van der Waals surface area contributed by atoms with Crippen LogP contribution in [0.2, 0.25) is 0 Å². The fourth-order valence-electron chi connectivity index (χ4n) is 1.61. The summed E-state index contributed by atoms with van der Waals surface area (Å²) in [4.78, 5) is 25.0. The molecule has 2 aromatic rings. The molecule has 0 fully saturated rings. The van der Waals surface area contributed by atoms with E-state index in [0.29, 0.717) is 24.0 Å². The number of benzene rings is 1. The normalized spacial score (nSPS) is 11.4. The number of hydrogen-bond donors (Lipinski definition) is 1. The number of nitro groups is 1. The Morgan fingerprint density at radius 3 is 2.78 bits per heavy atom. The number of carbonyl (C=O) groups excluding carboxylic acids is 1. The number of non-ortho nitro benzene ring substituents is 1. The van der Waals surface area contributed by atoms with E-state index in [1.165, 1.54) is 0 Å². The third-order valence-corrected chi connectivity index (χ3v) is 3.61. The number of aryl methyl sites for hydroxylation is 1. The molecule has 1 aromatic heterocycles. The van der Waals surface area contributed by atoms with E-state index >= 15 is 0 Å². The van der Waals surface area contributed by atoms with Crippen molar-refractivity contribution in [1.82, 2.24) is 15.2 Å². The van der Waals surface area contributed by atoms with E-state index in [2.05, 4.69) is 15.2 Å². The zero-order chi connectivity index (χ0) is 17.0. The van der Waals surface area contributed by atoms with Crippen molar-refractivity contribution in [2.24, 2.45) is 0 Å². The first-order valence-electron chi connectivity index (χ1n) is 6.38. The Bertz CT molecular complexity index is 786. The van der Waals surface area contributed by atoms with Crippen LogP contribution in [0.15, 0.2) is 28.3 Å². The number of aliphatic carboxylic acids is 1. The van der Waals surface area contributed by atoms with Crippen LogP contribution in [0.1, 0.15) is 18.3 Å². The highest BCUT2D eigenvalue weighted by Crippen LogP contribution is 2.29. The van der Waals surface area contributed by atoms with Crippen LogP contribution in [0.4, 0.5) is 5.69 Å². The molecule has 0 atom stereocenters. The first-order valence-corrected chi connectivity index (χ1v) is 7.20. The highest BCUT2D eigenvalue weighted by atomic mass is 32.2. The number of thioether (sulfide) groups is 1. The fourth-order valence-corrected chi connectivity index (χ4v) is 2.33. The van der Waals surface area contributed by atoms with Gasteiger partial charge < -0.3 is 15.0 Å². The minimum absolute atomic E-state index is 0.128. The van der Waals surface area contributed by atoms with Crippen LogP contribution in [-0.4, -0.2) is 26.1 Å². The highest BCUT2D eigenvalue weighted by Gasteiger charge is 2.10. The van der Waals surface area contributed by atoms with Crippen molar-refractivity contribution in [2.75, 3.05) is 0 Å². The van der Waals surface area contributed by atoms with Crippen molar-refractivity contribution < 1.29 is 19.9 Å². The minimum atomic E-state index is -1.54. The monoisotopic (exact) mass is 334 g/mol. The third kappa shape index (κ3) is 4.07. The van der Waals surface area contributed by atoms with Crippen molar-refractivity contribution in [3.8, 4) is 5.75 Å². The van der Waals surface area contributed by atoms with E-state index in [-0.39, 0.29) is 21.3 Å². The average molecular weight is 334 g/mol. The number of carboxylic acids is 1. The van der Waals surface area contributed by atoms with Gasteiger partial charge in [0.2, 0.25) is 5.16 Å². The number of carboxylic acid groups (broad SMARTS) is 1. The predicted octanol–water partition coefficient (Wildman–Crippen LogP) is 0.232. The number of aromatic nitrogens is 3. The third-order valence-electron chi connectivity index (χ3n) is 2.74. The van der Waals surface area contributed by atoms with Crippen LogP contribution in [-0.2, 0) is 11.2 Å². The summed E-state index contributed by atoms with van der Waals surface area (Å²) in [5, 5.41) is 40.3.